The second kappa shape index (κ2) is 51.4. The Bertz CT molecular complexity index is 5650. The van der Waals surface area contributed by atoms with Crippen molar-refractivity contribution in [2.75, 3.05) is 45.9 Å². The van der Waals surface area contributed by atoms with Crippen LogP contribution in [0.5, 0.6) is 0 Å². The van der Waals surface area contributed by atoms with Gasteiger partial charge in [0.1, 0.15) is 85.2 Å². The van der Waals surface area contributed by atoms with Crippen molar-refractivity contribution < 1.29 is 102 Å². The number of benzene rings is 5. The molecule has 45 nitrogen and oxygen atoms in total. The number of amides is 15. The summed E-state index contributed by atoms with van der Waals surface area (Å²) in [5.41, 5.74) is 15.4. The van der Waals surface area contributed by atoms with E-state index in [-0.39, 0.29) is 110 Å². The molecule has 5 aromatic carbocycles. The third kappa shape index (κ3) is 30.6. The third-order valence-corrected chi connectivity index (χ3v) is 23.5. The van der Waals surface area contributed by atoms with E-state index in [1.807, 2.05) is 0 Å². The summed E-state index contributed by atoms with van der Waals surface area (Å²) < 4.78 is 0. The largest absolute Gasteiger partial charge is 0.480 e. The summed E-state index contributed by atoms with van der Waals surface area (Å²) >= 11 is 0. The van der Waals surface area contributed by atoms with Crippen LogP contribution in [-0.4, -0.2) is 289 Å². The van der Waals surface area contributed by atoms with Crippen LogP contribution in [0.2, 0.25) is 0 Å². The minimum Gasteiger partial charge on any atom is -0.480 e. The van der Waals surface area contributed by atoms with Gasteiger partial charge in [-0.3, -0.25) is 82.7 Å². The molecule has 10 rings (SSSR count). The van der Waals surface area contributed by atoms with Gasteiger partial charge in [0, 0.05) is 110 Å². The van der Waals surface area contributed by atoms with Crippen LogP contribution in [0.1, 0.15) is 106 Å². The van der Waals surface area contributed by atoms with Crippen LogP contribution in [0.4, 0.5) is 0 Å². The van der Waals surface area contributed by atoms with Crippen molar-refractivity contribution >= 4 is 139 Å². The SMILES string of the molecule is C[C@@H](O)[C@@H]1NC(=O)CNC(=O)C[C@@H](C(=O)N2CCC[C@H]2C(=O)N[C@@H](CCCNC(=N)N)C(=O)N[C@@H](CO)C(=O)O)NC(=O)[C@H](Cc2c[nH]c3ccccc23)NC(=O)[C@@H](NC(=O)[C@H](Cc2ccccc2)NC(=O)CO)CCCCNC(=O)[C@H](Cc2c[nH]c3ccccc23)NC(=O)[C@H](CCCNC(=N)N)NC(=O)[C@H](Cc2ccccc2)NC(=O)[C@H](Cc2c[nH]c3ccccc23)NC(=O)[C@H]([C@@H](C)O)NC1=O. The topological polar surface area (TPSA) is 717 Å². The van der Waals surface area contributed by atoms with Crippen molar-refractivity contribution in [3.05, 3.63) is 180 Å². The van der Waals surface area contributed by atoms with Gasteiger partial charge in [-0.15, -0.1) is 0 Å². The lowest BCUT2D eigenvalue weighted by molar-refractivity contribution is -0.144. The number of nitrogens with two attached hydrogens (primary N) is 2. The van der Waals surface area contributed by atoms with Crippen LogP contribution in [0.15, 0.2) is 152 Å². The Morgan fingerprint density at radius 3 is 1.49 bits per heavy atom. The number of aromatic amines is 3. The number of likely N-dealkylation sites (tertiary alicyclic amines) is 1. The molecule has 45 heteroatoms. The molecule has 0 saturated carbocycles. The average molecular weight is 1910 g/mol. The summed E-state index contributed by atoms with van der Waals surface area (Å²) in [6.07, 6.45) is -2.27. The van der Waals surface area contributed by atoms with Crippen molar-refractivity contribution in [1.82, 2.24) is 105 Å². The fourth-order valence-corrected chi connectivity index (χ4v) is 16.3. The van der Waals surface area contributed by atoms with Gasteiger partial charge >= 0.3 is 5.97 Å². The zero-order chi connectivity index (χ0) is 99.6. The molecule has 30 N–H and O–H groups in total. The number of carboxylic acids is 1. The van der Waals surface area contributed by atoms with Gasteiger partial charge in [-0.25, -0.2) is 4.79 Å². The Kier molecular flexibility index (Phi) is 39.0. The van der Waals surface area contributed by atoms with Crippen LogP contribution in [0, 0.1) is 10.8 Å². The maximum absolute atomic E-state index is 15.8. The number of fused-ring (bicyclic) bond motifs is 3. The van der Waals surface area contributed by atoms with Gasteiger partial charge in [0.2, 0.25) is 88.6 Å². The van der Waals surface area contributed by atoms with Gasteiger partial charge in [0.15, 0.2) is 11.9 Å². The standard InChI is InChI=1S/C93H120N24O21/c1-50(120)77-89(135)116-78(51(2)121)88(134)112-70(42-56-46-103-62-29-14-11-26-59(56)62)85(131)109-67(39-53-22-7-4-8-23-53)84(130)107-64(31-17-35-99-92(94)95)81(127)110-68(40-54-44-101-60-27-12-9-24-57(54)60)79(125)98-34-16-15-30-63(106-83(129)66(105-76(124)49-119)38-52-20-5-3-6-21-52)80(126)111-69(41-55-45-102-61-28-13-10-25-58(55)61)86(132)113-71(43-74(122)104-47-75(123)115-77)90(136)117-37-19-33-73(117)87(133)108-65(32-18-36-100-93(96)97)82(128)114-72(48-118)91(137)138/h3-14,20-29,44-46,50-51,63-73,77-78,101-103,118-121H,15-19,30-43,47-49H2,1-2H3,(H,98,125)(H,104,122)(H,105,124)(H,106,129)(H,107,130)(H,108,133)(H,109,131)(H,110,127)(H,111,126)(H,112,134)(H,113,132)(H,114,128)(H,115,123)(H,116,135)(H,137,138)(H4,94,95,99)(H4,96,97,100)/t50-,51-,63+,64+,65+,66+,67+,68+,69+,70+,71+,72+,73+,77+,78+/m1/s1. The van der Waals surface area contributed by atoms with E-state index in [0.717, 1.165) is 18.7 Å². The van der Waals surface area contributed by atoms with Gasteiger partial charge in [0.25, 0.3) is 0 Å². The number of nitrogens with one attached hydrogen (secondary N) is 21. The summed E-state index contributed by atoms with van der Waals surface area (Å²) in [5, 5.41) is 111. The number of hydrogen-bond acceptors (Lipinski definition) is 22. The highest BCUT2D eigenvalue weighted by atomic mass is 16.4. The number of carbonyl (C=O) groups is 16. The molecule has 0 bridgehead atoms. The highest BCUT2D eigenvalue weighted by molar-refractivity contribution is 6.02. The number of carbonyl (C=O) groups excluding carboxylic acids is 15. The summed E-state index contributed by atoms with van der Waals surface area (Å²) in [7, 11) is 0. The van der Waals surface area contributed by atoms with E-state index in [9.17, 15) is 68.7 Å². The summed E-state index contributed by atoms with van der Waals surface area (Å²) in [4.78, 5) is 246. The monoisotopic (exact) mass is 1910 g/mol. The van der Waals surface area contributed by atoms with E-state index in [4.69, 9.17) is 22.3 Å². The molecule has 15 amide bonds. The van der Waals surface area contributed by atoms with Crippen LogP contribution in [-0.2, 0) is 109 Å². The number of H-pyrrole nitrogens is 3. The molecule has 738 valence electrons. The predicted octanol–water partition coefficient (Wildman–Crippen LogP) is -4.38. The highest BCUT2D eigenvalue weighted by Gasteiger charge is 2.43. The first-order valence-corrected chi connectivity index (χ1v) is 45.3. The van der Waals surface area contributed by atoms with Crippen molar-refractivity contribution in [3.63, 3.8) is 0 Å². The molecule has 0 radical (unpaired) electrons. The number of aliphatic carboxylic acids is 1. The van der Waals surface area contributed by atoms with E-state index < -0.39 is 230 Å². The Balaban J connectivity index is 1.05. The number of aliphatic hydroxyl groups excluding tert-OH is 4. The fraction of sp³-hybridized carbons (Fsp3) is 0.419. The van der Waals surface area contributed by atoms with Crippen molar-refractivity contribution in [2.45, 2.75) is 201 Å². The zero-order valence-corrected chi connectivity index (χ0v) is 76.0. The molecule has 8 aromatic rings. The Morgan fingerprint density at radius 2 is 0.957 bits per heavy atom. The third-order valence-electron chi connectivity index (χ3n) is 23.5. The molecule has 2 saturated heterocycles. The van der Waals surface area contributed by atoms with E-state index >= 15 is 33.6 Å². The minimum absolute atomic E-state index is 0.000479. The van der Waals surface area contributed by atoms with Crippen LogP contribution in [0.25, 0.3) is 32.7 Å². The van der Waals surface area contributed by atoms with Gasteiger partial charge < -0.3 is 142 Å². The molecular weight excluding hydrogens is 1790 g/mol. The molecule has 0 spiro atoms. The number of aromatic nitrogens is 3. The fourth-order valence-electron chi connectivity index (χ4n) is 16.3. The molecule has 138 heavy (non-hydrogen) atoms. The van der Waals surface area contributed by atoms with Crippen LogP contribution >= 0.6 is 0 Å². The predicted molar refractivity (Wildman–Crippen MR) is 502 cm³/mol. The molecule has 0 unspecified atom stereocenters. The molecule has 2 aliphatic heterocycles. The van der Waals surface area contributed by atoms with Crippen molar-refractivity contribution in [2.24, 2.45) is 11.5 Å². The highest BCUT2D eigenvalue weighted by Crippen LogP contribution is 2.26. The number of para-hydroxylation sites is 3. The number of guanidine groups is 2. The summed E-state index contributed by atoms with van der Waals surface area (Å²) in [6.45, 7) is -1.54. The van der Waals surface area contributed by atoms with Crippen LogP contribution in [0.3, 0.4) is 0 Å². The van der Waals surface area contributed by atoms with E-state index in [1.165, 1.54) is 6.20 Å². The first kappa shape index (κ1) is 105. The summed E-state index contributed by atoms with van der Waals surface area (Å²) in [6, 6.07) is 15.2. The Labute approximate surface area is 791 Å². The first-order valence-electron chi connectivity index (χ1n) is 45.3. The lowest BCUT2D eigenvalue weighted by atomic mass is 10.0. The summed E-state index contributed by atoms with van der Waals surface area (Å²) in [5.74, 6) is -18.6. The lowest BCUT2D eigenvalue weighted by Crippen LogP contribution is -2.63. The maximum Gasteiger partial charge on any atom is 0.328 e. The van der Waals surface area contributed by atoms with Gasteiger partial charge in [-0.2, -0.15) is 0 Å². The Morgan fingerprint density at radius 1 is 0.478 bits per heavy atom. The molecule has 15 atom stereocenters. The first-order chi connectivity index (χ1) is 66.1. The number of nitrogens with zero attached hydrogens (tertiary/aromatic N) is 1. The van der Waals surface area contributed by atoms with E-state index in [0.29, 0.717) is 60.5 Å². The Hall–Kier alpha value is -15.4. The smallest absolute Gasteiger partial charge is 0.328 e. The lowest BCUT2D eigenvalue weighted by Gasteiger charge is -2.31. The van der Waals surface area contributed by atoms with Gasteiger partial charge in [0.05, 0.1) is 31.8 Å². The normalized spacial score (nSPS) is 21.4. The second-order valence-corrected chi connectivity index (χ2v) is 33.9. The van der Waals surface area contributed by atoms with Crippen molar-refractivity contribution in [3.8, 4) is 0 Å². The maximum atomic E-state index is 15.8. The zero-order valence-electron chi connectivity index (χ0n) is 76.0. The van der Waals surface area contributed by atoms with Crippen molar-refractivity contribution in [1.29, 1.82) is 10.8 Å². The molecule has 0 aliphatic carbocycles. The average Bonchev–Trinajstić information content (AvgIpc) is 1.64. The van der Waals surface area contributed by atoms with Crippen LogP contribution < -0.4 is 96.5 Å². The van der Waals surface area contributed by atoms with Gasteiger partial charge in [-0.05, 0) is 118 Å². The van der Waals surface area contributed by atoms with E-state index in [2.05, 4.69) is 100 Å². The quantitative estimate of drug-likeness (QED) is 0.0111. The van der Waals surface area contributed by atoms with Gasteiger partial charge in [-0.1, -0.05) is 115 Å². The molecule has 3 aromatic heterocycles. The number of rotatable bonds is 31. The molecule has 5 heterocycles. The second-order valence-electron chi connectivity index (χ2n) is 33.9. The number of carboxylic acid groups (broad SMARTS) is 1. The molecule has 2 fully saturated rings. The molecule has 2 aliphatic rings. The number of aliphatic hydroxyl groups is 4. The minimum atomic E-state index is -2.10. The number of hydrogen-bond donors (Lipinski definition) is 28. The molecular formula is C93H120N24O21. The van der Waals surface area contributed by atoms with E-state index in [1.54, 1.807) is 146 Å².